The van der Waals surface area contributed by atoms with Crippen LogP contribution in [0.2, 0.25) is 0 Å². The van der Waals surface area contributed by atoms with Gasteiger partial charge in [0, 0.05) is 11.5 Å². The lowest BCUT2D eigenvalue weighted by Crippen LogP contribution is -2.39. The molecule has 1 N–H and O–H groups in total. The Balaban J connectivity index is 1.70. The molecular weight excluding hydrogens is 334 g/mol. The van der Waals surface area contributed by atoms with Crippen molar-refractivity contribution >= 4 is 17.4 Å². The van der Waals surface area contributed by atoms with E-state index in [0.717, 1.165) is 29.8 Å². The molecule has 3 aliphatic rings. The number of nitrogens with zero attached hydrogens (tertiary/aromatic N) is 2. The molecule has 0 radical (unpaired) electrons. The summed E-state index contributed by atoms with van der Waals surface area (Å²) in [5.41, 5.74) is 4.40. The molecule has 2 aliphatic carbocycles. The Morgan fingerprint density at radius 3 is 2.30 bits per heavy atom. The molecule has 0 atom stereocenters. The van der Waals surface area contributed by atoms with Crippen LogP contribution in [0.3, 0.4) is 0 Å². The van der Waals surface area contributed by atoms with Crippen molar-refractivity contribution in [3.8, 4) is 0 Å². The molecule has 2 saturated carbocycles. The highest BCUT2D eigenvalue weighted by molar-refractivity contribution is 6.11. The second-order valence-corrected chi connectivity index (χ2v) is 8.64. The summed E-state index contributed by atoms with van der Waals surface area (Å²) < 4.78 is 0. The van der Waals surface area contributed by atoms with Crippen molar-refractivity contribution in [1.82, 2.24) is 5.01 Å². The quantitative estimate of drug-likeness (QED) is 0.660. The largest absolute Gasteiger partial charge is 0.342 e. The molecule has 0 spiro atoms. The molecule has 2 amide bonds. The Hall–Kier alpha value is -1.84. The number of hydrogen-bond donors (Lipinski definition) is 1. The zero-order valence-electron chi connectivity index (χ0n) is 16.7. The monoisotopic (exact) mass is 367 g/mol. The van der Waals surface area contributed by atoms with Crippen LogP contribution in [0.4, 0.5) is 10.5 Å². The van der Waals surface area contributed by atoms with Crippen LogP contribution in [0.5, 0.6) is 0 Å². The Kier molecular flexibility index (Phi) is 5.80. The second-order valence-electron chi connectivity index (χ2n) is 8.64. The maximum absolute atomic E-state index is 13.1. The topological polar surface area (TPSA) is 44.7 Å². The summed E-state index contributed by atoms with van der Waals surface area (Å²) in [7, 11) is 0. The number of amides is 2. The summed E-state index contributed by atoms with van der Waals surface area (Å²) in [5.74, 6) is 0.476. The van der Waals surface area contributed by atoms with Crippen LogP contribution in [0.15, 0.2) is 23.3 Å². The summed E-state index contributed by atoms with van der Waals surface area (Å²) in [4.78, 5) is 13.1. The number of aryl methyl sites for hydroxylation is 1. The third-order valence-electron chi connectivity index (χ3n) is 6.53. The van der Waals surface area contributed by atoms with E-state index in [1.807, 2.05) is 5.01 Å². The fourth-order valence-corrected chi connectivity index (χ4v) is 4.98. The Labute approximate surface area is 163 Å². The summed E-state index contributed by atoms with van der Waals surface area (Å²) in [6.45, 7) is 2.08. The molecule has 146 valence electrons. The maximum atomic E-state index is 13.1. The first-order chi connectivity index (χ1) is 13.2. The van der Waals surface area contributed by atoms with Crippen molar-refractivity contribution < 1.29 is 4.79 Å². The number of carbonyl (C=O) groups is 1. The lowest BCUT2D eigenvalue weighted by Gasteiger charge is -2.30. The third kappa shape index (κ3) is 4.20. The first kappa shape index (κ1) is 18.5. The van der Waals surface area contributed by atoms with Crippen LogP contribution in [0.1, 0.15) is 88.2 Å². The van der Waals surface area contributed by atoms with Crippen molar-refractivity contribution in [3.63, 3.8) is 0 Å². The van der Waals surface area contributed by atoms with Gasteiger partial charge in [-0.1, -0.05) is 63.5 Å². The van der Waals surface area contributed by atoms with Crippen LogP contribution in [0, 0.1) is 12.8 Å². The maximum Gasteiger partial charge on any atom is 0.342 e. The zero-order chi connectivity index (χ0) is 18.6. The highest BCUT2D eigenvalue weighted by Gasteiger charge is 2.32. The van der Waals surface area contributed by atoms with E-state index in [1.54, 1.807) is 0 Å². The van der Waals surface area contributed by atoms with Crippen molar-refractivity contribution in [2.24, 2.45) is 11.0 Å². The van der Waals surface area contributed by atoms with Gasteiger partial charge in [-0.2, -0.15) is 5.10 Å². The Morgan fingerprint density at radius 2 is 1.56 bits per heavy atom. The molecule has 0 bridgehead atoms. The molecular formula is C23H33N3O. The Bertz CT molecular complexity index is 698. The summed E-state index contributed by atoms with van der Waals surface area (Å²) in [5, 5.41) is 10.1. The van der Waals surface area contributed by atoms with Gasteiger partial charge in [-0.25, -0.2) is 9.80 Å². The van der Waals surface area contributed by atoms with Crippen LogP contribution in [-0.2, 0) is 0 Å². The van der Waals surface area contributed by atoms with E-state index < -0.39 is 0 Å². The molecule has 2 fully saturated rings. The molecule has 4 rings (SSSR count). The molecule has 0 saturated heterocycles. The lowest BCUT2D eigenvalue weighted by atomic mass is 9.82. The standard InChI is InChI=1S/C23H33N3O/c1-17-14-15-20-21(16-17)24-23(27)26(19-12-8-3-2-4-9-13-19)25-22(20)18-10-6-5-7-11-18/h14-16,18-19H,2-13H2,1H3,(H,24,27). The molecule has 4 heteroatoms. The summed E-state index contributed by atoms with van der Waals surface area (Å²) in [6, 6.07) is 6.61. The molecule has 1 aromatic rings. The van der Waals surface area contributed by atoms with Gasteiger partial charge in [0.05, 0.1) is 17.4 Å². The molecule has 1 aromatic carbocycles. The first-order valence-corrected chi connectivity index (χ1v) is 11.0. The van der Waals surface area contributed by atoms with Gasteiger partial charge >= 0.3 is 6.03 Å². The van der Waals surface area contributed by atoms with Gasteiger partial charge in [-0.15, -0.1) is 0 Å². The number of hydrazone groups is 1. The minimum absolute atomic E-state index is 0.0433. The number of carbonyl (C=O) groups excluding carboxylic acids is 1. The number of benzene rings is 1. The van der Waals surface area contributed by atoms with E-state index in [-0.39, 0.29) is 12.1 Å². The van der Waals surface area contributed by atoms with Gasteiger partial charge in [0.15, 0.2) is 0 Å². The molecule has 0 unspecified atom stereocenters. The van der Waals surface area contributed by atoms with E-state index in [0.29, 0.717) is 5.92 Å². The molecule has 1 aliphatic heterocycles. The number of fused-ring (bicyclic) bond motifs is 1. The van der Waals surface area contributed by atoms with E-state index >= 15 is 0 Å². The van der Waals surface area contributed by atoms with Gasteiger partial charge in [0.25, 0.3) is 0 Å². The minimum Gasteiger partial charge on any atom is -0.306 e. The smallest absolute Gasteiger partial charge is 0.306 e. The number of anilines is 1. The molecule has 27 heavy (non-hydrogen) atoms. The molecule has 0 aromatic heterocycles. The number of urea groups is 1. The predicted molar refractivity (Wildman–Crippen MR) is 111 cm³/mol. The van der Waals surface area contributed by atoms with Crippen LogP contribution >= 0.6 is 0 Å². The van der Waals surface area contributed by atoms with E-state index in [9.17, 15) is 4.79 Å². The predicted octanol–water partition coefficient (Wildman–Crippen LogP) is 6.24. The minimum atomic E-state index is -0.0433. The number of nitrogens with one attached hydrogen (secondary N) is 1. The highest BCUT2D eigenvalue weighted by Crippen LogP contribution is 2.34. The SMILES string of the molecule is Cc1ccc2c(c1)NC(=O)N(C1CCCCCCC1)N=C2C1CCCCC1. The van der Waals surface area contributed by atoms with Crippen LogP contribution < -0.4 is 5.32 Å². The van der Waals surface area contributed by atoms with E-state index in [2.05, 4.69) is 30.4 Å². The van der Waals surface area contributed by atoms with E-state index in [4.69, 9.17) is 5.10 Å². The average molecular weight is 368 g/mol. The molecule has 1 heterocycles. The number of rotatable bonds is 2. The fourth-order valence-electron chi connectivity index (χ4n) is 4.98. The fraction of sp³-hybridized carbons (Fsp3) is 0.652. The summed E-state index contributed by atoms with van der Waals surface area (Å²) in [6.07, 6.45) is 14.7. The summed E-state index contributed by atoms with van der Waals surface area (Å²) >= 11 is 0. The highest BCUT2D eigenvalue weighted by atomic mass is 16.2. The lowest BCUT2D eigenvalue weighted by molar-refractivity contribution is 0.176. The van der Waals surface area contributed by atoms with E-state index in [1.165, 1.54) is 69.8 Å². The van der Waals surface area contributed by atoms with Crippen molar-refractivity contribution in [2.45, 2.75) is 90.0 Å². The third-order valence-corrected chi connectivity index (χ3v) is 6.53. The molecule has 4 nitrogen and oxygen atoms in total. The Morgan fingerprint density at radius 1 is 0.926 bits per heavy atom. The normalized spacial score (nSPS) is 22.9. The van der Waals surface area contributed by atoms with Gasteiger partial charge < -0.3 is 5.32 Å². The average Bonchev–Trinajstić information content (AvgIpc) is 2.78. The first-order valence-electron chi connectivity index (χ1n) is 11.0. The second kappa shape index (κ2) is 8.45. The van der Waals surface area contributed by atoms with Gasteiger partial charge in [0.2, 0.25) is 0 Å². The zero-order valence-corrected chi connectivity index (χ0v) is 16.7. The van der Waals surface area contributed by atoms with Crippen LogP contribution in [0.25, 0.3) is 0 Å². The van der Waals surface area contributed by atoms with Gasteiger partial charge in [-0.3, -0.25) is 0 Å². The van der Waals surface area contributed by atoms with Crippen molar-refractivity contribution in [1.29, 1.82) is 0 Å². The van der Waals surface area contributed by atoms with Crippen molar-refractivity contribution in [2.75, 3.05) is 5.32 Å². The number of hydrogen-bond acceptors (Lipinski definition) is 2. The van der Waals surface area contributed by atoms with Gasteiger partial charge in [-0.05, 0) is 44.2 Å². The van der Waals surface area contributed by atoms with Gasteiger partial charge in [0.1, 0.15) is 0 Å². The van der Waals surface area contributed by atoms with Crippen LogP contribution in [-0.4, -0.2) is 22.8 Å². The van der Waals surface area contributed by atoms with Crippen molar-refractivity contribution in [3.05, 3.63) is 29.3 Å².